The van der Waals surface area contributed by atoms with E-state index in [4.69, 9.17) is 16.9 Å². The molecule has 0 saturated carbocycles. The van der Waals surface area contributed by atoms with Crippen LogP contribution in [0.15, 0.2) is 84.9 Å². The number of carboxylic acid groups (broad SMARTS) is 1. The number of aliphatic carboxylic acids is 1. The van der Waals surface area contributed by atoms with Gasteiger partial charge < -0.3 is 32.1 Å². The molecule has 3 rings (SSSR count). The molecule has 1 atom stereocenters. The summed E-state index contributed by atoms with van der Waals surface area (Å²) in [5, 5.41) is 22.8. The molecule has 0 aliphatic rings. The summed E-state index contributed by atoms with van der Waals surface area (Å²) in [6.07, 6.45) is 0.533. The van der Waals surface area contributed by atoms with Crippen molar-refractivity contribution in [1.82, 2.24) is 15.5 Å². The van der Waals surface area contributed by atoms with Crippen LogP contribution in [0, 0.1) is 5.41 Å². The predicted octanol–water partition coefficient (Wildman–Crippen LogP) is 2.73. The molecule has 0 bridgehead atoms. The second-order valence-corrected chi connectivity index (χ2v) is 9.09. The first kappa shape index (κ1) is 28.7. The third-order valence-corrected chi connectivity index (χ3v) is 6.24. The monoisotopic (exact) mass is 530 g/mol. The van der Waals surface area contributed by atoms with Crippen LogP contribution in [0.4, 0.5) is 4.79 Å². The number of nitrogens with one attached hydrogen (secondary N) is 3. The van der Waals surface area contributed by atoms with Gasteiger partial charge >= 0.3 is 12.0 Å². The fourth-order valence-electron chi connectivity index (χ4n) is 4.43. The van der Waals surface area contributed by atoms with E-state index in [-0.39, 0.29) is 31.4 Å². The molecule has 0 heterocycles. The second kappa shape index (κ2) is 14.2. The normalized spacial score (nSPS) is 11.4. The lowest BCUT2D eigenvalue weighted by atomic mass is 9.89. The Morgan fingerprint density at radius 2 is 1.44 bits per heavy atom. The van der Waals surface area contributed by atoms with Crippen LogP contribution < -0.4 is 22.1 Å². The molecule has 10 heteroatoms. The number of benzene rings is 3. The first-order chi connectivity index (χ1) is 18.8. The Morgan fingerprint density at radius 1 is 0.846 bits per heavy atom. The Balaban J connectivity index is 2.01. The number of nitrogens with zero attached hydrogens (tertiary/aromatic N) is 1. The Hall–Kier alpha value is -4.86. The van der Waals surface area contributed by atoms with Crippen molar-refractivity contribution >= 4 is 23.9 Å². The maximum Gasteiger partial charge on any atom is 0.326 e. The largest absolute Gasteiger partial charge is 0.480 e. The highest BCUT2D eigenvalue weighted by molar-refractivity contribution is 5.90. The molecule has 0 saturated heterocycles. The van der Waals surface area contributed by atoms with E-state index in [9.17, 15) is 19.5 Å². The Bertz CT molecular complexity index is 1230. The maximum atomic E-state index is 14.4. The van der Waals surface area contributed by atoms with Crippen LogP contribution in [0.1, 0.15) is 41.0 Å². The van der Waals surface area contributed by atoms with E-state index in [1.165, 1.54) is 4.90 Å². The molecule has 10 nitrogen and oxygen atoms in total. The number of primary amides is 1. The second-order valence-electron chi connectivity index (χ2n) is 9.09. The summed E-state index contributed by atoms with van der Waals surface area (Å²) in [6.45, 7) is 0.541. The highest BCUT2D eigenvalue weighted by atomic mass is 16.4. The van der Waals surface area contributed by atoms with Crippen molar-refractivity contribution in [2.45, 2.75) is 37.9 Å². The molecule has 8 N–H and O–H groups in total. The molecule has 3 aromatic rings. The van der Waals surface area contributed by atoms with Gasteiger partial charge in [-0.05, 0) is 35.1 Å². The number of guanidine groups is 1. The first-order valence-corrected chi connectivity index (χ1v) is 12.6. The van der Waals surface area contributed by atoms with Gasteiger partial charge in [-0.1, -0.05) is 84.9 Å². The maximum absolute atomic E-state index is 14.4. The van der Waals surface area contributed by atoms with Gasteiger partial charge in [0.2, 0.25) is 5.91 Å². The summed E-state index contributed by atoms with van der Waals surface area (Å²) in [4.78, 5) is 39.5. The van der Waals surface area contributed by atoms with E-state index in [0.29, 0.717) is 18.5 Å². The molecule has 0 radical (unpaired) electrons. The fraction of sp³-hybridized carbons (Fsp3) is 0.241. The highest BCUT2D eigenvalue weighted by Crippen LogP contribution is 2.29. The number of nitrogens with two attached hydrogens (primary N) is 2. The predicted molar refractivity (Wildman–Crippen MR) is 149 cm³/mol. The summed E-state index contributed by atoms with van der Waals surface area (Å²) < 4.78 is 0. The molecule has 3 amide bonds. The zero-order valence-electron chi connectivity index (χ0n) is 21.5. The number of carbonyl (C=O) groups excluding carboxylic acids is 2. The zero-order chi connectivity index (χ0) is 28.2. The number of rotatable bonds is 13. The van der Waals surface area contributed by atoms with Crippen molar-refractivity contribution in [1.29, 1.82) is 5.41 Å². The van der Waals surface area contributed by atoms with Gasteiger partial charge in [-0.3, -0.25) is 10.2 Å². The van der Waals surface area contributed by atoms with Gasteiger partial charge in [0.05, 0.1) is 5.92 Å². The van der Waals surface area contributed by atoms with Gasteiger partial charge in [-0.2, -0.15) is 0 Å². The highest BCUT2D eigenvalue weighted by Gasteiger charge is 2.35. The van der Waals surface area contributed by atoms with Crippen molar-refractivity contribution in [2.75, 3.05) is 6.54 Å². The third-order valence-electron chi connectivity index (χ3n) is 6.24. The molecule has 0 unspecified atom stereocenters. The van der Waals surface area contributed by atoms with Crippen molar-refractivity contribution < 1.29 is 19.5 Å². The Kier molecular flexibility index (Phi) is 10.4. The minimum absolute atomic E-state index is 0.0382. The van der Waals surface area contributed by atoms with E-state index in [2.05, 4.69) is 10.6 Å². The van der Waals surface area contributed by atoms with E-state index < -0.39 is 24.0 Å². The molecule has 0 fully saturated rings. The van der Waals surface area contributed by atoms with Gasteiger partial charge in [-0.25, -0.2) is 9.59 Å². The van der Waals surface area contributed by atoms with E-state index in [1.807, 2.05) is 78.9 Å². The summed E-state index contributed by atoms with van der Waals surface area (Å²) >= 11 is 0. The molecule has 0 aromatic heterocycles. The van der Waals surface area contributed by atoms with Crippen LogP contribution in [0.3, 0.4) is 0 Å². The van der Waals surface area contributed by atoms with Crippen LogP contribution >= 0.6 is 0 Å². The van der Waals surface area contributed by atoms with Crippen LogP contribution in [-0.2, 0) is 22.7 Å². The summed E-state index contributed by atoms with van der Waals surface area (Å²) in [5.41, 5.74) is 13.5. The first-order valence-electron chi connectivity index (χ1n) is 12.6. The minimum Gasteiger partial charge on any atom is -0.480 e. The SMILES string of the molecule is N=C(N)NCCC[C@H](C(=O)O)N(Cc1cccc(CNC(N)=O)c1)C(=O)C(c1ccccc1)c1ccccc1. The third kappa shape index (κ3) is 8.60. The van der Waals surface area contributed by atoms with Crippen LogP contribution in [-0.4, -0.2) is 46.5 Å². The minimum atomic E-state index is -1.13. The lowest BCUT2D eigenvalue weighted by Crippen LogP contribution is -2.47. The lowest BCUT2D eigenvalue weighted by molar-refractivity contribution is -0.151. The molecular weight excluding hydrogens is 496 g/mol. The molecule has 0 aliphatic carbocycles. The average molecular weight is 531 g/mol. The summed E-state index contributed by atoms with van der Waals surface area (Å²) in [6, 6.07) is 24.0. The smallest absolute Gasteiger partial charge is 0.326 e. The summed E-state index contributed by atoms with van der Waals surface area (Å²) in [7, 11) is 0. The van der Waals surface area contributed by atoms with Gasteiger partial charge in [0.15, 0.2) is 5.96 Å². The van der Waals surface area contributed by atoms with Crippen LogP contribution in [0.2, 0.25) is 0 Å². The zero-order valence-corrected chi connectivity index (χ0v) is 21.5. The van der Waals surface area contributed by atoms with Gasteiger partial charge in [0.25, 0.3) is 0 Å². The lowest BCUT2D eigenvalue weighted by Gasteiger charge is -2.33. The molecule has 3 aromatic carbocycles. The molecular formula is C29H34N6O4. The average Bonchev–Trinajstić information content (AvgIpc) is 2.92. The number of amides is 3. The van der Waals surface area contributed by atoms with E-state index >= 15 is 0 Å². The van der Waals surface area contributed by atoms with Crippen molar-refractivity contribution in [3.8, 4) is 0 Å². The van der Waals surface area contributed by atoms with Gasteiger partial charge in [0, 0.05) is 19.6 Å². The number of hydrogen-bond donors (Lipinski definition) is 6. The standard InChI is InChI=1S/C29H34N6O4/c30-28(31)33-16-8-15-24(27(37)38)35(19-21-10-7-9-20(17-21)18-34-29(32)39)26(36)25(22-11-3-1-4-12-22)23-13-5-2-6-14-23/h1-7,9-14,17,24-25H,8,15-16,18-19H2,(H,37,38)(H4,30,31,33)(H3,32,34,39)/t24-/m1/s1. The number of carboxylic acids is 1. The number of urea groups is 1. The number of hydrogen-bond acceptors (Lipinski definition) is 4. The van der Waals surface area contributed by atoms with Crippen molar-refractivity contribution in [2.24, 2.45) is 11.5 Å². The Labute approximate surface area is 227 Å². The fourth-order valence-corrected chi connectivity index (χ4v) is 4.43. The molecule has 0 aliphatic heterocycles. The van der Waals surface area contributed by atoms with Crippen LogP contribution in [0.5, 0.6) is 0 Å². The van der Waals surface area contributed by atoms with E-state index in [1.54, 1.807) is 6.07 Å². The van der Waals surface area contributed by atoms with E-state index in [0.717, 1.165) is 16.7 Å². The summed E-state index contributed by atoms with van der Waals surface area (Å²) in [5.74, 6) is -2.40. The molecule has 0 spiro atoms. The number of carbonyl (C=O) groups is 3. The van der Waals surface area contributed by atoms with Gasteiger partial charge in [-0.15, -0.1) is 0 Å². The molecule has 204 valence electrons. The molecule has 39 heavy (non-hydrogen) atoms. The topological polar surface area (TPSA) is 175 Å². The van der Waals surface area contributed by atoms with Crippen molar-refractivity contribution in [3.05, 3.63) is 107 Å². The quantitative estimate of drug-likeness (QED) is 0.112. The van der Waals surface area contributed by atoms with Crippen molar-refractivity contribution in [3.63, 3.8) is 0 Å². The van der Waals surface area contributed by atoms with Gasteiger partial charge in [0.1, 0.15) is 6.04 Å². The Morgan fingerprint density at radius 3 is 1.97 bits per heavy atom. The van der Waals surface area contributed by atoms with Crippen LogP contribution in [0.25, 0.3) is 0 Å².